The van der Waals surface area contributed by atoms with Crippen molar-refractivity contribution in [3.63, 3.8) is 0 Å². The van der Waals surface area contributed by atoms with Crippen molar-refractivity contribution in [2.75, 3.05) is 13.2 Å². The van der Waals surface area contributed by atoms with E-state index in [0.29, 0.717) is 6.42 Å². The van der Waals surface area contributed by atoms with Crippen molar-refractivity contribution in [3.8, 4) is 0 Å². The van der Waals surface area contributed by atoms with Gasteiger partial charge in [0.15, 0.2) is 6.29 Å². The summed E-state index contributed by atoms with van der Waals surface area (Å²) in [6.07, 6.45) is 41.8. The van der Waals surface area contributed by atoms with Crippen molar-refractivity contribution in [2.24, 2.45) is 0 Å². The second-order valence-corrected chi connectivity index (χ2v) is 16.2. The number of hydrogen-bond donors (Lipinski definition) is 6. The molecule has 7 unspecified atom stereocenters. The Kier molecular flexibility index (Phi) is 35.8. The lowest BCUT2D eigenvalue weighted by molar-refractivity contribution is -0.302. The summed E-state index contributed by atoms with van der Waals surface area (Å²) in [6, 6.07) is -0.831. The second kappa shape index (κ2) is 38.4. The molecule has 9 heteroatoms. The minimum Gasteiger partial charge on any atom is -0.394 e. The number of hydrogen-bond acceptors (Lipinski definition) is 8. The molecule has 57 heavy (non-hydrogen) atoms. The molecule has 9 nitrogen and oxygen atoms in total. The molecule has 0 spiro atoms. The van der Waals surface area contributed by atoms with Gasteiger partial charge in [0.05, 0.1) is 25.4 Å². The third-order valence-corrected chi connectivity index (χ3v) is 10.8. The van der Waals surface area contributed by atoms with Crippen molar-refractivity contribution in [1.29, 1.82) is 0 Å². The fourth-order valence-corrected chi connectivity index (χ4v) is 7.07. The summed E-state index contributed by atoms with van der Waals surface area (Å²) in [6.45, 7) is 3.67. The van der Waals surface area contributed by atoms with Crippen LogP contribution in [0.4, 0.5) is 0 Å². The molecule has 1 amide bonds. The first-order valence-corrected chi connectivity index (χ1v) is 23.4. The van der Waals surface area contributed by atoms with Gasteiger partial charge in [0.25, 0.3) is 0 Å². The van der Waals surface area contributed by atoms with E-state index >= 15 is 0 Å². The minimum atomic E-state index is -1.58. The minimum absolute atomic E-state index is 0.205. The Balaban J connectivity index is 2.33. The highest BCUT2D eigenvalue weighted by Crippen LogP contribution is 2.22. The summed E-state index contributed by atoms with van der Waals surface area (Å²) in [5, 5.41) is 54.0. The van der Waals surface area contributed by atoms with Crippen molar-refractivity contribution < 1.29 is 39.8 Å². The Hall–Kier alpha value is -1.85. The van der Waals surface area contributed by atoms with Gasteiger partial charge in [0.1, 0.15) is 24.4 Å². The fraction of sp³-hybridized carbons (Fsp3) is 0.812. The first-order chi connectivity index (χ1) is 27.8. The highest BCUT2D eigenvalue weighted by molar-refractivity contribution is 5.76. The van der Waals surface area contributed by atoms with Crippen LogP contribution >= 0.6 is 0 Å². The zero-order valence-corrected chi connectivity index (χ0v) is 36.3. The van der Waals surface area contributed by atoms with Crippen LogP contribution in [0.25, 0.3) is 0 Å². The number of allylic oxidation sites excluding steroid dienone is 7. The van der Waals surface area contributed by atoms with Crippen molar-refractivity contribution in [2.45, 2.75) is 236 Å². The number of carbonyl (C=O) groups is 1. The Morgan fingerprint density at radius 3 is 1.54 bits per heavy atom. The molecule has 0 aromatic heterocycles. The van der Waals surface area contributed by atoms with Crippen molar-refractivity contribution in [3.05, 3.63) is 48.6 Å². The van der Waals surface area contributed by atoms with Gasteiger partial charge in [0.2, 0.25) is 5.91 Å². The summed E-state index contributed by atoms with van der Waals surface area (Å²) in [5.74, 6) is -0.205. The van der Waals surface area contributed by atoms with E-state index in [2.05, 4.69) is 55.6 Å². The molecule has 6 N–H and O–H groups in total. The number of rotatable bonds is 38. The van der Waals surface area contributed by atoms with Crippen LogP contribution in [0.5, 0.6) is 0 Å². The maximum absolute atomic E-state index is 12.9. The first-order valence-electron chi connectivity index (χ1n) is 23.4. The topological polar surface area (TPSA) is 149 Å². The molecule has 0 radical (unpaired) electrons. The molecule has 1 saturated heterocycles. The van der Waals surface area contributed by atoms with E-state index < -0.39 is 49.5 Å². The average molecular weight is 806 g/mol. The number of amides is 1. The second-order valence-electron chi connectivity index (χ2n) is 16.2. The van der Waals surface area contributed by atoms with Crippen LogP contribution in [-0.4, -0.2) is 87.5 Å². The number of ether oxygens (including phenoxy) is 2. The van der Waals surface area contributed by atoms with E-state index in [0.717, 1.165) is 70.6 Å². The predicted molar refractivity (Wildman–Crippen MR) is 235 cm³/mol. The average Bonchev–Trinajstić information content (AvgIpc) is 3.21. The molecule has 0 saturated carbocycles. The standard InChI is InChI=1S/C48H87NO8/c1-3-5-7-9-11-13-15-16-17-18-19-20-21-22-23-24-25-26-27-28-29-31-33-35-37-42(51)41(40-56-48-47(55)46(54)45(53)43(39-50)57-48)49-44(52)38-36-34-32-30-14-12-10-8-6-4-2/h8,10,24-25,28-29,35,37,41-43,45-48,50-51,53-55H,3-7,9,11-23,26-27,30-34,36,38-40H2,1-2H3,(H,49,52)/b10-8-,25-24+,29-28+,37-35+. The number of unbranched alkanes of at least 4 members (excludes halogenated alkanes) is 22. The van der Waals surface area contributed by atoms with E-state index in [4.69, 9.17) is 9.47 Å². The molecular weight excluding hydrogens is 719 g/mol. The molecule has 1 fully saturated rings. The van der Waals surface area contributed by atoms with Gasteiger partial charge in [-0.25, -0.2) is 0 Å². The Morgan fingerprint density at radius 1 is 0.579 bits per heavy atom. The highest BCUT2D eigenvalue weighted by atomic mass is 16.7. The lowest BCUT2D eigenvalue weighted by Crippen LogP contribution is -2.60. The lowest BCUT2D eigenvalue weighted by atomic mass is 9.99. The van der Waals surface area contributed by atoms with Crippen LogP contribution in [0.1, 0.15) is 194 Å². The summed E-state index contributed by atoms with van der Waals surface area (Å²) in [7, 11) is 0. The van der Waals surface area contributed by atoms with Crippen LogP contribution in [0.2, 0.25) is 0 Å². The number of nitrogens with one attached hydrogen (secondary N) is 1. The smallest absolute Gasteiger partial charge is 0.220 e. The van der Waals surface area contributed by atoms with Crippen LogP contribution < -0.4 is 5.32 Å². The fourth-order valence-electron chi connectivity index (χ4n) is 7.07. The van der Waals surface area contributed by atoms with Crippen LogP contribution in [0.3, 0.4) is 0 Å². The maximum atomic E-state index is 12.9. The van der Waals surface area contributed by atoms with Gasteiger partial charge in [-0.3, -0.25) is 4.79 Å². The molecule has 1 aliphatic rings. The third kappa shape index (κ3) is 29.1. The van der Waals surface area contributed by atoms with Gasteiger partial charge in [-0.2, -0.15) is 0 Å². The van der Waals surface area contributed by atoms with Gasteiger partial charge < -0.3 is 40.3 Å². The normalized spacial score (nSPS) is 21.4. The summed E-state index contributed by atoms with van der Waals surface area (Å²) < 4.78 is 11.2. The van der Waals surface area contributed by atoms with E-state index in [9.17, 15) is 30.3 Å². The molecule has 0 aromatic carbocycles. The van der Waals surface area contributed by atoms with Crippen molar-refractivity contribution >= 4 is 5.91 Å². The van der Waals surface area contributed by atoms with Gasteiger partial charge in [-0.05, 0) is 64.2 Å². The molecule has 1 aliphatic heterocycles. The summed E-state index contributed by atoms with van der Waals surface area (Å²) in [5.41, 5.74) is 0. The Bertz CT molecular complexity index is 1030. The van der Waals surface area contributed by atoms with Gasteiger partial charge >= 0.3 is 0 Å². The number of aliphatic hydroxyl groups is 5. The Morgan fingerprint density at radius 2 is 1.04 bits per heavy atom. The van der Waals surface area contributed by atoms with E-state index in [-0.39, 0.29) is 12.5 Å². The third-order valence-electron chi connectivity index (χ3n) is 10.8. The summed E-state index contributed by atoms with van der Waals surface area (Å²) in [4.78, 5) is 12.9. The van der Waals surface area contributed by atoms with Crippen molar-refractivity contribution in [1.82, 2.24) is 5.32 Å². The lowest BCUT2D eigenvalue weighted by Gasteiger charge is -2.40. The molecule has 7 atom stereocenters. The molecule has 0 aromatic rings. The SMILES string of the molecule is CCC/C=C\CCCCCCCC(=O)NC(COC1OC(CO)C(O)C(O)C1O)C(O)/C=C/CC/C=C/CC/C=C/CCCCCCCCCCCCCCCC. The molecule has 0 aliphatic carbocycles. The molecule has 1 rings (SSSR count). The zero-order chi connectivity index (χ0) is 41.6. The first kappa shape index (κ1) is 53.2. The largest absolute Gasteiger partial charge is 0.394 e. The molecule has 0 bridgehead atoms. The quantitative estimate of drug-likeness (QED) is 0.0267. The molecule has 332 valence electrons. The van der Waals surface area contributed by atoms with Crippen LogP contribution in [-0.2, 0) is 14.3 Å². The molecule has 1 heterocycles. The van der Waals surface area contributed by atoms with E-state index in [1.54, 1.807) is 6.08 Å². The predicted octanol–water partition coefficient (Wildman–Crippen LogP) is 9.84. The zero-order valence-electron chi connectivity index (χ0n) is 36.3. The van der Waals surface area contributed by atoms with Crippen LogP contribution in [0, 0.1) is 0 Å². The maximum Gasteiger partial charge on any atom is 0.220 e. The number of carbonyl (C=O) groups excluding carboxylic acids is 1. The van der Waals surface area contributed by atoms with Gasteiger partial charge in [-0.15, -0.1) is 0 Å². The van der Waals surface area contributed by atoms with E-state index in [1.807, 2.05) is 6.08 Å². The van der Waals surface area contributed by atoms with Crippen LogP contribution in [0.15, 0.2) is 48.6 Å². The monoisotopic (exact) mass is 806 g/mol. The Labute approximate surface area is 348 Å². The van der Waals surface area contributed by atoms with Gasteiger partial charge in [-0.1, -0.05) is 172 Å². The summed E-state index contributed by atoms with van der Waals surface area (Å²) >= 11 is 0. The highest BCUT2D eigenvalue weighted by Gasteiger charge is 2.44. The van der Waals surface area contributed by atoms with E-state index in [1.165, 1.54) is 103 Å². The number of aliphatic hydroxyl groups excluding tert-OH is 5. The van der Waals surface area contributed by atoms with Gasteiger partial charge in [0, 0.05) is 6.42 Å². The molecular formula is C48H87NO8.